The molecule has 0 saturated carbocycles. The number of ether oxygens (including phenoxy) is 5. The van der Waals surface area contributed by atoms with Crippen molar-refractivity contribution in [3.8, 4) is 0 Å². The van der Waals surface area contributed by atoms with Crippen LogP contribution in [0.3, 0.4) is 0 Å². The minimum Gasteiger partial charge on any atom is -0.469 e. The van der Waals surface area contributed by atoms with E-state index in [2.05, 4.69) is 10.5 Å². The van der Waals surface area contributed by atoms with Gasteiger partial charge in [0.1, 0.15) is 12.2 Å². The van der Waals surface area contributed by atoms with Gasteiger partial charge in [0.05, 0.1) is 33.0 Å². The van der Waals surface area contributed by atoms with Gasteiger partial charge in [-0.05, 0) is 34.4 Å². The summed E-state index contributed by atoms with van der Waals surface area (Å²) in [6.45, 7) is 1.43. The molecule has 4 atom stereocenters. The molecule has 8 nitrogen and oxygen atoms in total. The molecule has 0 unspecified atom stereocenters. The number of hydrogen-bond donors (Lipinski definition) is 1. The lowest BCUT2D eigenvalue weighted by atomic mass is 9.98. The largest absolute Gasteiger partial charge is 0.469 e. The van der Waals surface area contributed by atoms with Crippen molar-refractivity contribution in [2.75, 3.05) is 6.61 Å². The average molecular weight is 657 g/mol. The maximum atomic E-state index is 13.1. The Hall–Kier alpha value is -5.12. The van der Waals surface area contributed by atoms with Crippen LogP contribution in [0.5, 0.6) is 0 Å². The first-order chi connectivity index (χ1) is 24.2. The summed E-state index contributed by atoms with van der Waals surface area (Å²) >= 11 is 0. The lowest BCUT2D eigenvalue weighted by molar-refractivity contribution is -0.196. The number of nitrogens with zero attached hydrogens (tertiary/aromatic N) is 1. The van der Waals surface area contributed by atoms with Crippen LogP contribution in [0.4, 0.5) is 0 Å². The van der Waals surface area contributed by atoms with E-state index >= 15 is 0 Å². The van der Waals surface area contributed by atoms with Crippen LogP contribution in [-0.4, -0.2) is 42.8 Å². The fourth-order valence-electron chi connectivity index (χ4n) is 5.50. The molecule has 1 amide bonds. The third kappa shape index (κ3) is 9.95. The van der Waals surface area contributed by atoms with Crippen molar-refractivity contribution in [2.24, 2.45) is 5.10 Å². The van der Waals surface area contributed by atoms with Crippen LogP contribution in [0, 0.1) is 0 Å². The number of carbonyl (C=O) groups is 1. The first-order valence-electron chi connectivity index (χ1n) is 16.4. The van der Waals surface area contributed by atoms with Gasteiger partial charge in [0.25, 0.3) is 5.91 Å². The lowest BCUT2D eigenvalue weighted by Gasteiger charge is -2.42. The van der Waals surface area contributed by atoms with E-state index in [0.29, 0.717) is 25.4 Å². The summed E-state index contributed by atoms with van der Waals surface area (Å²) < 4.78 is 32.7. The predicted molar refractivity (Wildman–Crippen MR) is 187 cm³/mol. The van der Waals surface area contributed by atoms with Gasteiger partial charge in [-0.1, -0.05) is 140 Å². The van der Waals surface area contributed by atoms with Crippen molar-refractivity contribution < 1.29 is 28.5 Å². The van der Waals surface area contributed by atoms with Crippen LogP contribution < -0.4 is 5.43 Å². The van der Waals surface area contributed by atoms with Crippen LogP contribution >= 0.6 is 0 Å². The quantitative estimate of drug-likeness (QED) is 0.121. The van der Waals surface area contributed by atoms with E-state index in [9.17, 15) is 4.79 Å². The molecule has 0 spiro atoms. The third-order valence-electron chi connectivity index (χ3n) is 8.04. The Morgan fingerprint density at radius 3 is 1.49 bits per heavy atom. The van der Waals surface area contributed by atoms with Gasteiger partial charge < -0.3 is 23.7 Å². The van der Waals surface area contributed by atoms with E-state index in [1.54, 1.807) is 24.3 Å². The maximum Gasteiger partial charge on any atom is 0.271 e. The second-order valence-corrected chi connectivity index (χ2v) is 11.7. The van der Waals surface area contributed by atoms with Crippen molar-refractivity contribution >= 4 is 11.8 Å². The zero-order valence-electron chi connectivity index (χ0n) is 27.2. The molecule has 5 aromatic rings. The fourth-order valence-corrected chi connectivity index (χ4v) is 5.50. The second kappa shape index (κ2) is 17.9. The molecule has 8 heteroatoms. The Bertz CT molecular complexity index is 1720. The number of hydrazone groups is 1. The molecule has 1 N–H and O–H groups in total. The molecule has 49 heavy (non-hydrogen) atoms. The SMILES string of the molecule is O=C(N/N=C1\O[C@H](COCc2ccccc2)[C@@H](OCc2ccccc2)[C@H](OCc2ccccc2)[C@H]1OCc1ccccc1)c1ccccc1. The molecule has 1 saturated heterocycles. The standard InChI is InChI=1S/C41H40N2O6/c44-40(35-24-14-5-15-25-35)42-43-41-39(48-29-34-22-12-4-13-23-34)38(47-28-33-20-10-3-11-21-33)37(46-27-32-18-8-2-9-19-32)36(49-41)30-45-26-31-16-6-1-7-17-31/h1-25,36-39H,26-30H2,(H,42,44)/b43-41-/t36-,37-,38+,39-/m1/s1. The van der Waals surface area contributed by atoms with Gasteiger partial charge in [0, 0.05) is 5.56 Å². The van der Waals surface area contributed by atoms with E-state index in [0.717, 1.165) is 22.3 Å². The first-order valence-corrected chi connectivity index (χ1v) is 16.4. The van der Waals surface area contributed by atoms with Gasteiger partial charge in [0.15, 0.2) is 12.2 Å². The average Bonchev–Trinajstić information content (AvgIpc) is 3.17. The van der Waals surface area contributed by atoms with Crippen molar-refractivity contribution in [1.82, 2.24) is 5.43 Å². The van der Waals surface area contributed by atoms with E-state index in [4.69, 9.17) is 23.7 Å². The molecular formula is C41H40N2O6. The summed E-state index contributed by atoms with van der Waals surface area (Å²) in [5, 5.41) is 4.51. The normalized spacial score (nSPS) is 19.6. The van der Waals surface area contributed by atoms with Gasteiger partial charge >= 0.3 is 0 Å². The summed E-state index contributed by atoms with van der Waals surface area (Å²) in [6, 6.07) is 48.6. The van der Waals surface area contributed by atoms with E-state index in [1.165, 1.54) is 0 Å². The number of carbonyl (C=O) groups excluding carboxylic acids is 1. The number of nitrogens with one attached hydrogen (secondary N) is 1. The van der Waals surface area contributed by atoms with Crippen LogP contribution in [0.2, 0.25) is 0 Å². The highest BCUT2D eigenvalue weighted by molar-refractivity contribution is 5.95. The summed E-state index contributed by atoms with van der Waals surface area (Å²) in [5.41, 5.74) is 7.13. The van der Waals surface area contributed by atoms with E-state index < -0.39 is 24.4 Å². The molecule has 0 bridgehead atoms. The van der Waals surface area contributed by atoms with Crippen LogP contribution in [-0.2, 0) is 50.1 Å². The zero-order valence-corrected chi connectivity index (χ0v) is 27.2. The Morgan fingerprint density at radius 2 is 0.980 bits per heavy atom. The highest BCUT2D eigenvalue weighted by Crippen LogP contribution is 2.29. The predicted octanol–water partition coefficient (Wildman–Crippen LogP) is 7.10. The minimum absolute atomic E-state index is 0.172. The molecule has 1 aliphatic rings. The fraction of sp³-hybridized carbons (Fsp3) is 0.220. The van der Waals surface area contributed by atoms with Crippen LogP contribution in [0.25, 0.3) is 0 Å². The molecule has 0 aliphatic carbocycles. The number of amides is 1. The van der Waals surface area contributed by atoms with E-state index in [1.807, 2.05) is 127 Å². The lowest BCUT2D eigenvalue weighted by Crippen LogP contribution is -2.60. The third-order valence-corrected chi connectivity index (χ3v) is 8.04. The van der Waals surface area contributed by atoms with Gasteiger partial charge in [0.2, 0.25) is 5.90 Å². The number of benzene rings is 5. The molecular weight excluding hydrogens is 616 g/mol. The Morgan fingerprint density at radius 1 is 0.551 bits per heavy atom. The topological polar surface area (TPSA) is 87.6 Å². The van der Waals surface area contributed by atoms with Crippen molar-refractivity contribution in [2.45, 2.75) is 50.8 Å². The highest BCUT2D eigenvalue weighted by Gasteiger charge is 2.48. The van der Waals surface area contributed by atoms with Gasteiger partial charge in [-0.2, -0.15) is 0 Å². The molecule has 250 valence electrons. The maximum absolute atomic E-state index is 13.1. The molecule has 0 aromatic heterocycles. The summed E-state index contributed by atoms with van der Waals surface area (Å²) in [6.07, 6.45) is -2.77. The molecule has 5 aromatic carbocycles. The van der Waals surface area contributed by atoms with Crippen molar-refractivity contribution in [1.29, 1.82) is 0 Å². The molecule has 1 aliphatic heterocycles. The monoisotopic (exact) mass is 656 g/mol. The molecule has 6 rings (SSSR count). The Kier molecular flexibility index (Phi) is 12.3. The second-order valence-electron chi connectivity index (χ2n) is 11.7. The molecule has 1 fully saturated rings. The zero-order chi connectivity index (χ0) is 33.5. The Labute approximate surface area is 287 Å². The highest BCUT2D eigenvalue weighted by atomic mass is 16.6. The van der Waals surface area contributed by atoms with Crippen molar-refractivity contribution in [3.05, 3.63) is 179 Å². The summed E-state index contributed by atoms with van der Waals surface area (Å²) in [4.78, 5) is 13.1. The Balaban J connectivity index is 1.32. The first kappa shape index (κ1) is 33.8. The minimum atomic E-state index is -0.828. The van der Waals surface area contributed by atoms with Crippen molar-refractivity contribution in [3.63, 3.8) is 0 Å². The molecule has 1 heterocycles. The van der Waals surface area contributed by atoms with Gasteiger partial charge in [-0.15, -0.1) is 5.10 Å². The van der Waals surface area contributed by atoms with E-state index in [-0.39, 0.29) is 25.0 Å². The summed E-state index contributed by atoms with van der Waals surface area (Å²) in [7, 11) is 0. The van der Waals surface area contributed by atoms with Crippen LogP contribution in [0.15, 0.2) is 157 Å². The van der Waals surface area contributed by atoms with Crippen LogP contribution in [0.1, 0.15) is 32.6 Å². The number of rotatable bonds is 15. The number of hydrogen-bond acceptors (Lipinski definition) is 7. The summed E-state index contributed by atoms with van der Waals surface area (Å²) in [5.74, 6) is -0.203. The van der Waals surface area contributed by atoms with Gasteiger partial charge in [-0.3, -0.25) is 4.79 Å². The van der Waals surface area contributed by atoms with Gasteiger partial charge in [-0.25, -0.2) is 5.43 Å². The molecule has 0 radical (unpaired) electrons. The smallest absolute Gasteiger partial charge is 0.271 e.